The van der Waals surface area contributed by atoms with E-state index >= 15 is 0 Å². The molecule has 2 N–H and O–H groups in total. The van der Waals surface area contributed by atoms with Crippen molar-refractivity contribution in [2.45, 2.75) is 0 Å². The number of aromatic nitrogens is 1. The van der Waals surface area contributed by atoms with Gasteiger partial charge in [-0.05, 0) is 12.1 Å². The Morgan fingerprint density at radius 3 is 2.53 bits per heavy atom. The standard InChI is InChI=1S/C14H10N2O/c15-14(17)11-7-2-1-6-10-9-5-3-4-8-12(9)16-13(10)11/h1-8H,(H2,15,17). The molecule has 1 aromatic rings. The van der Waals surface area contributed by atoms with Crippen LogP contribution in [0.4, 0.5) is 0 Å². The van der Waals surface area contributed by atoms with E-state index in [2.05, 4.69) is 4.98 Å². The molecule has 3 nitrogen and oxygen atoms in total. The first-order valence-corrected chi connectivity index (χ1v) is 5.34. The Hall–Kier alpha value is -2.42. The number of nitrogens with two attached hydrogens (primary N) is 1. The number of amides is 1. The lowest BCUT2D eigenvalue weighted by Gasteiger charge is -1.96. The van der Waals surface area contributed by atoms with E-state index in [0.717, 1.165) is 16.5 Å². The summed E-state index contributed by atoms with van der Waals surface area (Å²) in [6.45, 7) is 0. The summed E-state index contributed by atoms with van der Waals surface area (Å²) in [4.78, 5) is 15.9. The lowest BCUT2D eigenvalue weighted by Crippen LogP contribution is -2.11. The van der Waals surface area contributed by atoms with E-state index in [9.17, 15) is 4.79 Å². The Balaban J connectivity index is 2.47. The molecular formula is C14H10N2O. The largest absolute Gasteiger partial charge is 0.366 e. The third kappa shape index (κ3) is 1.44. The number of hydrogen-bond donors (Lipinski definition) is 1. The Bertz CT molecular complexity index is 691. The summed E-state index contributed by atoms with van der Waals surface area (Å²) < 4.78 is 0. The molecule has 0 spiro atoms. The molecule has 0 atom stereocenters. The maximum Gasteiger partial charge on any atom is 0.250 e. The van der Waals surface area contributed by atoms with E-state index in [1.807, 2.05) is 36.4 Å². The minimum absolute atomic E-state index is 0.450. The molecule has 1 aliphatic carbocycles. The first-order chi connectivity index (χ1) is 8.27. The van der Waals surface area contributed by atoms with Gasteiger partial charge in [-0.2, -0.15) is 0 Å². The van der Waals surface area contributed by atoms with Crippen LogP contribution in [-0.2, 0) is 0 Å². The first-order valence-electron chi connectivity index (χ1n) is 5.34. The van der Waals surface area contributed by atoms with Gasteiger partial charge in [0, 0.05) is 10.9 Å². The van der Waals surface area contributed by atoms with Crippen molar-refractivity contribution in [1.82, 2.24) is 4.98 Å². The fourth-order valence-electron chi connectivity index (χ4n) is 2.06. The van der Waals surface area contributed by atoms with E-state index in [4.69, 9.17) is 5.73 Å². The zero-order valence-corrected chi connectivity index (χ0v) is 9.05. The summed E-state index contributed by atoms with van der Waals surface area (Å²) >= 11 is 0. The van der Waals surface area contributed by atoms with Gasteiger partial charge in [-0.3, -0.25) is 4.79 Å². The summed E-state index contributed by atoms with van der Waals surface area (Å²) in [5.41, 5.74) is 8.35. The highest BCUT2D eigenvalue weighted by Gasteiger charge is 2.16. The number of fused-ring (bicyclic) bond motifs is 3. The minimum Gasteiger partial charge on any atom is -0.366 e. The predicted molar refractivity (Wildman–Crippen MR) is 66.9 cm³/mol. The van der Waals surface area contributed by atoms with E-state index in [1.165, 1.54) is 0 Å². The molecule has 0 radical (unpaired) electrons. The molecule has 0 saturated heterocycles. The number of carbonyl (C=O) groups excluding carboxylic acids is 1. The van der Waals surface area contributed by atoms with Crippen LogP contribution in [0.2, 0.25) is 0 Å². The average Bonchev–Trinajstić information content (AvgIpc) is 2.54. The predicted octanol–water partition coefficient (Wildman–Crippen LogP) is 2.44. The summed E-state index contributed by atoms with van der Waals surface area (Å²) in [6.07, 6.45) is 0. The molecule has 1 amide bonds. The summed E-state index contributed by atoms with van der Waals surface area (Å²) in [5.74, 6) is -0.450. The smallest absolute Gasteiger partial charge is 0.250 e. The van der Waals surface area contributed by atoms with Crippen LogP contribution in [-0.4, -0.2) is 10.9 Å². The van der Waals surface area contributed by atoms with Gasteiger partial charge in [-0.15, -0.1) is 0 Å². The molecule has 0 saturated carbocycles. The lowest BCUT2D eigenvalue weighted by molar-refractivity contribution is 0.100. The molecule has 3 rings (SSSR count). The molecule has 0 fully saturated rings. The van der Waals surface area contributed by atoms with E-state index in [-0.39, 0.29) is 0 Å². The quantitative estimate of drug-likeness (QED) is 0.687. The summed E-state index contributed by atoms with van der Waals surface area (Å²) in [6, 6.07) is 15.2. The average molecular weight is 222 g/mol. The minimum atomic E-state index is -0.450. The number of para-hydroxylation sites is 1. The normalized spacial score (nSPS) is 10.8. The molecule has 2 aliphatic rings. The van der Waals surface area contributed by atoms with Gasteiger partial charge >= 0.3 is 0 Å². The monoisotopic (exact) mass is 222 g/mol. The summed E-state index contributed by atoms with van der Waals surface area (Å²) in [5, 5.41) is 1.04. The fourth-order valence-corrected chi connectivity index (χ4v) is 2.06. The highest BCUT2D eigenvalue weighted by molar-refractivity contribution is 6.06. The van der Waals surface area contributed by atoms with Crippen LogP contribution in [0.25, 0.3) is 22.2 Å². The molecule has 82 valence electrons. The molecule has 0 unspecified atom stereocenters. The molecule has 0 aromatic heterocycles. The van der Waals surface area contributed by atoms with Gasteiger partial charge < -0.3 is 5.73 Å². The topological polar surface area (TPSA) is 56.0 Å². The second-order valence-electron chi connectivity index (χ2n) is 3.89. The van der Waals surface area contributed by atoms with Crippen molar-refractivity contribution >= 4 is 16.8 Å². The second-order valence-corrected chi connectivity index (χ2v) is 3.89. The maximum atomic E-state index is 11.4. The van der Waals surface area contributed by atoms with Crippen LogP contribution in [0.15, 0.2) is 48.5 Å². The van der Waals surface area contributed by atoms with Gasteiger partial charge in [0.25, 0.3) is 5.91 Å². The van der Waals surface area contributed by atoms with Crippen LogP contribution in [0, 0.1) is 0 Å². The molecule has 0 bridgehead atoms. The number of nitrogens with zero attached hydrogens (tertiary/aromatic N) is 1. The van der Waals surface area contributed by atoms with Gasteiger partial charge in [0.15, 0.2) is 0 Å². The van der Waals surface area contributed by atoms with Gasteiger partial charge in [0.1, 0.15) is 0 Å². The van der Waals surface area contributed by atoms with Crippen molar-refractivity contribution in [1.29, 1.82) is 0 Å². The third-order valence-electron chi connectivity index (χ3n) is 2.84. The van der Waals surface area contributed by atoms with Crippen molar-refractivity contribution in [3.63, 3.8) is 0 Å². The molecular weight excluding hydrogens is 212 g/mol. The number of benzene rings is 1. The van der Waals surface area contributed by atoms with Crippen LogP contribution in [0.3, 0.4) is 0 Å². The highest BCUT2D eigenvalue weighted by Crippen LogP contribution is 2.32. The van der Waals surface area contributed by atoms with Crippen molar-refractivity contribution < 1.29 is 4.79 Å². The SMILES string of the molecule is NC(=O)c1ccccc2c3ccccc3nc1-2. The fraction of sp³-hybridized carbons (Fsp3) is 0. The van der Waals surface area contributed by atoms with Crippen molar-refractivity contribution in [2.75, 3.05) is 0 Å². The number of primary amides is 1. The van der Waals surface area contributed by atoms with Crippen molar-refractivity contribution in [2.24, 2.45) is 5.73 Å². The van der Waals surface area contributed by atoms with Crippen LogP contribution < -0.4 is 5.73 Å². The lowest BCUT2D eigenvalue weighted by atomic mass is 10.1. The number of carbonyl (C=O) groups is 1. The highest BCUT2D eigenvalue weighted by atomic mass is 16.1. The van der Waals surface area contributed by atoms with Crippen LogP contribution >= 0.6 is 0 Å². The molecule has 3 heteroatoms. The Morgan fingerprint density at radius 1 is 1.00 bits per heavy atom. The van der Waals surface area contributed by atoms with E-state index in [1.54, 1.807) is 12.1 Å². The van der Waals surface area contributed by atoms with Gasteiger partial charge in [-0.1, -0.05) is 36.4 Å². The summed E-state index contributed by atoms with van der Waals surface area (Å²) in [7, 11) is 0. The zero-order chi connectivity index (χ0) is 11.8. The zero-order valence-electron chi connectivity index (χ0n) is 9.05. The van der Waals surface area contributed by atoms with Crippen molar-refractivity contribution in [3.05, 3.63) is 54.1 Å². The molecule has 1 heterocycles. The van der Waals surface area contributed by atoms with Crippen LogP contribution in [0.1, 0.15) is 10.4 Å². The van der Waals surface area contributed by atoms with E-state index < -0.39 is 5.91 Å². The first kappa shape index (κ1) is 9.78. The van der Waals surface area contributed by atoms with Crippen molar-refractivity contribution in [3.8, 4) is 11.3 Å². The molecule has 17 heavy (non-hydrogen) atoms. The van der Waals surface area contributed by atoms with Gasteiger partial charge in [0.2, 0.25) is 0 Å². The number of hydrogen-bond acceptors (Lipinski definition) is 2. The maximum absolute atomic E-state index is 11.4. The molecule has 1 aromatic carbocycles. The Labute approximate surface area is 98.2 Å². The Kier molecular flexibility index (Phi) is 2.05. The Morgan fingerprint density at radius 2 is 1.71 bits per heavy atom. The van der Waals surface area contributed by atoms with Gasteiger partial charge in [-0.25, -0.2) is 4.98 Å². The van der Waals surface area contributed by atoms with E-state index in [0.29, 0.717) is 11.3 Å². The molecule has 1 aliphatic heterocycles. The second kappa shape index (κ2) is 3.56. The number of rotatable bonds is 1. The van der Waals surface area contributed by atoms with Crippen LogP contribution in [0.5, 0.6) is 0 Å². The van der Waals surface area contributed by atoms with Gasteiger partial charge in [0.05, 0.1) is 16.8 Å². The third-order valence-corrected chi connectivity index (χ3v) is 2.84.